The van der Waals surface area contributed by atoms with Crippen LogP contribution in [0.5, 0.6) is 0 Å². The van der Waals surface area contributed by atoms with Crippen molar-refractivity contribution < 1.29 is 18.0 Å². The van der Waals surface area contributed by atoms with E-state index in [1.54, 1.807) is 11.6 Å². The highest BCUT2D eigenvalue weighted by Crippen LogP contribution is 2.29. The molecule has 1 fully saturated rings. The zero-order valence-corrected chi connectivity index (χ0v) is 14.5. The molecule has 1 amide bonds. The number of hydrogen-bond acceptors (Lipinski definition) is 3. The number of carbonyl (C=O) groups is 1. The molecule has 0 atom stereocenters. The highest BCUT2D eigenvalue weighted by Gasteiger charge is 2.30. The van der Waals surface area contributed by atoms with E-state index in [1.165, 1.54) is 18.6 Å². The van der Waals surface area contributed by atoms with Gasteiger partial charge in [0.25, 0.3) is 0 Å². The second-order valence-corrected chi connectivity index (χ2v) is 6.70. The Morgan fingerprint density at radius 1 is 1.19 bits per heavy atom. The fraction of sp³-hybridized carbons (Fsp3) is 0.500. The van der Waals surface area contributed by atoms with Crippen molar-refractivity contribution in [3.63, 3.8) is 0 Å². The lowest BCUT2D eigenvalue weighted by molar-refractivity contribution is -0.137. The Balaban J connectivity index is 1.66. The summed E-state index contributed by atoms with van der Waals surface area (Å²) in [6.45, 7) is 2.07. The number of hydrogen-bond donors (Lipinski definition) is 1. The molecule has 1 N–H and O–H groups in total. The van der Waals surface area contributed by atoms with Gasteiger partial charge in [-0.1, -0.05) is 36.6 Å². The molecule has 0 bridgehead atoms. The molecule has 1 aromatic carbocycles. The zero-order chi connectivity index (χ0) is 18.7. The van der Waals surface area contributed by atoms with Crippen molar-refractivity contribution in [2.75, 3.05) is 5.32 Å². The first-order valence-electron chi connectivity index (χ1n) is 8.71. The average molecular weight is 366 g/mol. The molecule has 3 rings (SSSR count). The number of carbonyl (C=O) groups excluding carboxylic acids is 1. The van der Waals surface area contributed by atoms with Crippen LogP contribution in [0.15, 0.2) is 24.3 Å². The van der Waals surface area contributed by atoms with Crippen LogP contribution in [-0.4, -0.2) is 20.9 Å². The molecule has 1 heterocycles. The normalized spacial score (nSPS) is 15.8. The van der Waals surface area contributed by atoms with Crippen LogP contribution < -0.4 is 5.32 Å². The van der Waals surface area contributed by atoms with Crippen molar-refractivity contribution in [3.8, 4) is 0 Å². The van der Waals surface area contributed by atoms with Gasteiger partial charge in [0.05, 0.1) is 17.8 Å². The number of nitrogens with one attached hydrogen (secondary N) is 1. The van der Waals surface area contributed by atoms with E-state index >= 15 is 0 Å². The lowest BCUT2D eigenvalue weighted by Crippen LogP contribution is -2.25. The number of amides is 1. The van der Waals surface area contributed by atoms with E-state index in [-0.39, 0.29) is 18.4 Å². The van der Waals surface area contributed by atoms with E-state index in [1.807, 2.05) is 0 Å². The third kappa shape index (κ3) is 4.23. The first-order valence-corrected chi connectivity index (χ1v) is 8.71. The summed E-state index contributed by atoms with van der Waals surface area (Å²) in [6.07, 6.45) is 0.745. The van der Waals surface area contributed by atoms with Crippen LogP contribution in [0.1, 0.15) is 48.9 Å². The number of halogens is 3. The molecule has 2 aromatic rings. The summed E-state index contributed by atoms with van der Waals surface area (Å²) in [6, 6.07) is 4.94. The van der Waals surface area contributed by atoms with E-state index in [0.29, 0.717) is 17.1 Å². The third-order valence-electron chi connectivity index (χ3n) is 4.81. The van der Waals surface area contributed by atoms with E-state index in [9.17, 15) is 18.0 Å². The van der Waals surface area contributed by atoms with Crippen LogP contribution in [0.25, 0.3) is 0 Å². The molecule has 0 spiro atoms. The maximum absolute atomic E-state index is 12.6. The Morgan fingerprint density at radius 3 is 2.46 bits per heavy atom. The van der Waals surface area contributed by atoms with Crippen LogP contribution in [0.3, 0.4) is 0 Å². The smallest absolute Gasteiger partial charge is 0.307 e. The van der Waals surface area contributed by atoms with E-state index in [0.717, 1.165) is 37.8 Å². The van der Waals surface area contributed by atoms with Gasteiger partial charge in [-0.15, -0.1) is 5.10 Å². The minimum Gasteiger partial charge on any atom is -0.307 e. The van der Waals surface area contributed by atoms with Gasteiger partial charge in [0.1, 0.15) is 0 Å². The third-order valence-corrected chi connectivity index (χ3v) is 4.81. The molecule has 1 saturated carbocycles. The quantitative estimate of drug-likeness (QED) is 0.883. The predicted molar refractivity (Wildman–Crippen MR) is 90.5 cm³/mol. The van der Waals surface area contributed by atoms with Crippen molar-refractivity contribution in [1.29, 1.82) is 0 Å². The van der Waals surface area contributed by atoms with E-state index in [2.05, 4.69) is 15.6 Å². The van der Waals surface area contributed by atoms with Crippen LogP contribution in [0.2, 0.25) is 0 Å². The first-order chi connectivity index (χ1) is 12.3. The Labute approximate surface area is 149 Å². The molecule has 140 valence electrons. The lowest BCUT2D eigenvalue weighted by Gasteiger charge is -2.20. The highest BCUT2D eigenvalue weighted by atomic mass is 19.4. The number of nitrogens with zero attached hydrogens (tertiary/aromatic N) is 3. The molecule has 1 aliphatic rings. The summed E-state index contributed by atoms with van der Waals surface area (Å²) in [5.41, 5.74) is 0.669. The molecular weight excluding hydrogens is 345 g/mol. The lowest BCUT2D eigenvalue weighted by atomic mass is 9.89. The van der Waals surface area contributed by atoms with Gasteiger partial charge < -0.3 is 5.32 Å². The van der Waals surface area contributed by atoms with Gasteiger partial charge in [-0.05, 0) is 37.5 Å². The summed E-state index contributed by atoms with van der Waals surface area (Å²) in [4.78, 5) is 12.3. The fourth-order valence-electron chi connectivity index (χ4n) is 3.18. The van der Waals surface area contributed by atoms with Crippen molar-refractivity contribution in [1.82, 2.24) is 15.0 Å². The molecule has 0 aliphatic heterocycles. The average Bonchev–Trinajstić information content (AvgIpc) is 2.95. The minimum absolute atomic E-state index is 0.0169. The molecule has 5 nitrogen and oxygen atoms in total. The number of rotatable bonds is 4. The van der Waals surface area contributed by atoms with Gasteiger partial charge in [-0.2, -0.15) is 13.2 Å². The highest BCUT2D eigenvalue weighted by molar-refractivity contribution is 5.92. The van der Waals surface area contributed by atoms with Gasteiger partial charge in [0.15, 0.2) is 5.82 Å². The molecule has 0 saturated heterocycles. The van der Waals surface area contributed by atoms with Gasteiger partial charge >= 0.3 is 6.18 Å². The minimum atomic E-state index is -4.35. The number of benzene rings is 1. The number of alkyl halides is 3. The predicted octanol–water partition coefficient (Wildman–Crippen LogP) is 4.17. The van der Waals surface area contributed by atoms with Gasteiger partial charge in [-0.25, -0.2) is 4.68 Å². The van der Waals surface area contributed by atoms with Crippen molar-refractivity contribution >= 4 is 11.7 Å². The Hall–Kier alpha value is -2.38. The SMILES string of the molecule is Cc1c(NC(=O)C2CCCCC2)nnn1Cc1ccc(C(F)(F)F)cc1. The second-order valence-electron chi connectivity index (χ2n) is 6.70. The topological polar surface area (TPSA) is 59.8 Å². The molecule has 8 heteroatoms. The van der Waals surface area contributed by atoms with Crippen molar-refractivity contribution in [3.05, 3.63) is 41.1 Å². The Kier molecular flexibility index (Phi) is 5.29. The van der Waals surface area contributed by atoms with Crippen LogP contribution in [-0.2, 0) is 17.5 Å². The molecule has 26 heavy (non-hydrogen) atoms. The van der Waals surface area contributed by atoms with E-state index < -0.39 is 11.7 Å². The molecule has 1 aliphatic carbocycles. The Bertz CT molecular complexity index is 762. The summed E-state index contributed by atoms with van der Waals surface area (Å²) < 4.78 is 39.4. The van der Waals surface area contributed by atoms with Gasteiger partial charge in [-0.3, -0.25) is 4.79 Å². The van der Waals surface area contributed by atoms with Crippen molar-refractivity contribution in [2.45, 2.75) is 51.7 Å². The standard InChI is InChI=1S/C18H21F3N4O/c1-12-16(22-17(26)14-5-3-2-4-6-14)23-24-25(12)11-13-7-9-15(10-8-13)18(19,20)21/h7-10,14H,2-6,11H2,1H3,(H,22,26). The molecular formula is C18H21F3N4O. The molecule has 0 unspecified atom stereocenters. The zero-order valence-electron chi connectivity index (χ0n) is 14.5. The van der Waals surface area contributed by atoms with E-state index in [4.69, 9.17) is 0 Å². The molecule has 0 radical (unpaired) electrons. The monoisotopic (exact) mass is 366 g/mol. The van der Waals surface area contributed by atoms with Crippen LogP contribution >= 0.6 is 0 Å². The first kappa shape index (κ1) is 18.4. The van der Waals surface area contributed by atoms with Gasteiger partial charge in [0.2, 0.25) is 5.91 Å². The maximum Gasteiger partial charge on any atom is 0.416 e. The second kappa shape index (κ2) is 7.47. The molecule has 1 aromatic heterocycles. The van der Waals surface area contributed by atoms with Crippen molar-refractivity contribution in [2.24, 2.45) is 5.92 Å². The Morgan fingerprint density at radius 2 is 1.85 bits per heavy atom. The van der Waals surface area contributed by atoms with Crippen LogP contribution in [0, 0.1) is 12.8 Å². The number of aromatic nitrogens is 3. The summed E-state index contributed by atoms with van der Waals surface area (Å²) in [5.74, 6) is 0.394. The summed E-state index contributed by atoms with van der Waals surface area (Å²) >= 11 is 0. The van der Waals surface area contributed by atoms with Gasteiger partial charge in [0, 0.05) is 5.92 Å². The summed E-state index contributed by atoms with van der Waals surface area (Å²) in [5, 5.41) is 10.8. The summed E-state index contributed by atoms with van der Waals surface area (Å²) in [7, 11) is 0. The fourth-order valence-corrected chi connectivity index (χ4v) is 3.18. The maximum atomic E-state index is 12.6. The van der Waals surface area contributed by atoms with Crippen LogP contribution in [0.4, 0.5) is 19.0 Å². The number of anilines is 1. The largest absolute Gasteiger partial charge is 0.416 e.